The number of imidazole rings is 1. The summed E-state index contributed by atoms with van der Waals surface area (Å²) in [6.45, 7) is -1.71. The molecule has 2 aromatic heterocycles. The maximum absolute atomic E-state index is 12.9. The van der Waals surface area contributed by atoms with Crippen molar-refractivity contribution in [3.8, 4) is 0 Å². The number of nitrogens with one attached hydrogen (secondary N) is 2. The number of aliphatic hydroxyl groups excluding tert-OH is 2. The highest BCUT2D eigenvalue weighted by molar-refractivity contribution is 7.61. The van der Waals surface area contributed by atoms with E-state index in [2.05, 4.69) is 33.6 Å². The first kappa shape index (κ1) is 34.4. The summed E-state index contributed by atoms with van der Waals surface area (Å²) in [5.41, 5.74) is 5.52. The Morgan fingerprint density at radius 2 is 1.63 bits per heavy atom. The number of phosphoric ester groups is 2. The molecule has 1 saturated heterocycles. The number of aliphatic hydroxyl groups is 2. The van der Waals surface area contributed by atoms with Gasteiger partial charge in [-0.05, 0) is 18.2 Å². The average molecular weight is 720 g/mol. The van der Waals surface area contributed by atoms with Crippen LogP contribution in [0, 0.1) is 0 Å². The molecule has 6 rings (SSSR count). The predicted octanol–water partition coefficient (Wildman–Crippen LogP) is 0.376. The summed E-state index contributed by atoms with van der Waals surface area (Å²) in [6.07, 6.45) is -5.75. The molecule has 1 amide bonds. The molecule has 2 aliphatic rings. The molecule has 2 unspecified atom stereocenters. The third kappa shape index (κ3) is 7.01. The summed E-state index contributed by atoms with van der Waals surface area (Å²) in [5, 5.41) is 23.4. The van der Waals surface area contributed by atoms with Gasteiger partial charge < -0.3 is 35.8 Å². The zero-order valence-corrected chi connectivity index (χ0v) is 26.5. The molecule has 4 aromatic rings. The molecule has 20 nitrogen and oxygen atoms in total. The topological polar surface area (TPSA) is 305 Å². The Morgan fingerprint density at radius 3 is 2.35 bits per heavy atom. The Kier molecular flexibility index (Phi) is 9.20. The number of fused-ring (bicyclic) bond motifs is 3. The van der Waals surface area contributed by atoms with Crippen LogP contribution in [-0.2, 0) is 32.0 Å². The number of carbonyl (C=O) groups is 3. The van der Waals surface area contributed by atoms with Crippen molar-refractivity contribution in [2.45, 2.75) is 31.0 Å². The molecule has 0 saturated carbocycles. The largest absolute Gasteiger partial charge is 0.481 e. The molecule has 49 heavy (non-hydrogen) atoms. The first-order valence-corrected chi connectivity index (χ1v) is 17.2. The number of amides is 1. The first-order valence-electron chi connectivity index (χ1n) is 14.2. The lowest BCUT2D eigenvalue weighted by molar-refractivity contribution is -0.116. The number of phosphoric acid groups is 2. The molecule has 0 bridgehead atoms. The number of hydrogen-bond donors (Lipinski definition) is 7. The summed E-state index contributed by atoms with van der Waals surface area (Å²) >= 11 is 0. The van der Waals surface area contributed by atoms with Crippen molar-refractivity contribution in [2.75, 3.05) is 24.3 Å². The van der Waals surface area contributed by atoms with Crippen LogP contribution in [0.2, 0.25) is 0 Å². The minimum absolute atomic E-state index is 0.0827. The van der Waals surface area contributed by atoms with Crippen LogP contribution in [0.5, 0.6) is 0 Å². The average Bonchev–Trinajstić information content (AvgIpc) is 3.58. The van der Waals surface area contributed by atoms with Gasteiger partial charge in [-0.2, -0.15) is 9.29 Å². The van der Waals surface area contributed by atoms with E-state index in [9.17, 15) is 48.3 Å². The lowest BCUT2D eigenvalue weighted by Gasteiger charge is -2.19. The van der Waals surface area contributed by atoms with Crippen LogP contribution in [0.25, 0.3) is 11.2 Å². The van der Waals surface area contributed by atoms with E-state index in [0.717, 1.165) is 10.9 Å². The second-order valence-corrected chi connectivity index (χ2v) is 13.8. The van der Waals surface area contributed by atoms with Crippen LogP contribution in [-0.4, -0.2) is 88.5 Å². The van der Waals surface area contributed by atoms with Gasteiger partial charge in [0.1, 0.15) is 18.3 Å². The second kappa shape index (κ2) is 13.1. The smallest absolute Gasteiger partial charge is 0.387 e. The molecule has 1 aliphatic carbocycles. The van der Waals surface area contributed by atoms with E-state index >= 15 is 0 Å². The summed E-state index contributed by atoms with van der Waals surface area (Å²) in [6, 6.07) is 10.4. The van der Waals surface area contributed by atoms with Crippen LogP contribution >= 0.6 is 15.6 Å². The number of anilines is 2. The third-order valence-corrected chi connectivity index (χ3v) is 10.1. The Bertz CT molecular complexity index is 2150. The standard InChI is InChI=1S/C27H26N6O14P2/c28-27-31-24-19(25(39)32-27)29-11-33(24)26-23(38)22(37)17(46-26)10-45-49(42,43)47-48(40,41)44-8-7-18(34)30-12-5-6-15-16(9-12)21(36)14-4-2-1-3-13(14)20(15)35/h1-6,9,11,17,22-23,26,37-38H,7-8,10H2,(H,30,34)(H,40,41)(H,42,43)(H3,28,31,32,39)/t17-,22-,23-,26-/m1/s1. The van der Waals surface area contributed by atoms with Gasteiger partial charge in [0.05, 0.1) is 26.0 Å². The molecule has 0 spiro atoms. The minimum atomic E-state index is -5.37. The van der Waals surface area contributed by atoms with E-state index in [4.69, 9.17) is 10.5 Å². The van der Waals surface area contributed by atoms with Gasteiger partial charge in [0.25, 0.3) is 5.56 Å². The maximum atomic E-state index is 12.9. The highest BCUT2D eigenvalue weighted by Gasteiger charge is 2.46. The number of H-pyrrole nitrogens is 1. The number of ketones is 2. The van der Waals surface area contributed by atoms with Gasteiger partial charge in [-0.1, -0.05) is 24.3 Å². The number of carbonyl (C=O) groups excluding carboxylic acids is 3. The summed E-state index contributed by atoms with van der Waals surface area (Å²) in [5.74, 6) is -1.76. The fourth-order valence-corrected chi connectivity index (χ4v) is 7.30. The molecule has 3 heterocycles. The third-order valence-electron chi connectivity index (χ3n) is 7.46. The number of rotatable bonds is 11. The number of nitrogens with zero attached hydrogens (tertiary/aromatic N) is 3. The van der Waals surface area contributed by atoms with Crippen molar-refractivity contribution in [2.24, 2.45) is 0 Å². The normalized spacial score (nSPS) is 22.7. The van der Waals surface area contributed by atoms with Gasteiger partial charge in [0, 0.05) is 27.9 Å². The Balaban J connectivity index is 0.997. The number of nitrogens with two attached hydrogens (primary N) is 1. The molecular weight excluding hydrogens is 694 g/mol. The molecule has 22 heteroatoms. The van der Waals surface area contributed by atoms with Gasteiger partial charge >= 0.3 is 15.6 Å². The lowest BCUT2D eigenvalue weighted by atomic mass is 9.84. The van der Waals surface area contributed by atoms with Crippen LogP contribution in [0.1, 0.15) is 44.5 Å². The molecular formula is C27H26N6O14P2. The Labute approximate surface area is 273 Å². The highest BCUT2D eigenvalue weighted by atomic mass is 31.3. The number of ether oxygens (including phenoxy) is 1. The fraction of sp³-hybridized carbons (Fsp3) is 0.259. The van der Waals surface area contributed by atoms with Gasteiger partial charge in [-0.15, -0.1) is 0 Å². The molecule has 1 aliphatic heterocycles. The summed E-state index contributed by atoms with van der Waals surface area (Å²) < 4.78 is 44.9. The van der Waals surface area contributed by atoms with Gasteiger partial charge in [0.15, 0.2) is 29.0 Å². The quantitative estimate of drug-likeness (QED) is 0.0907. The van der Waals surface area contributed by atoms with Crippen LogP contribution in [0.15, 0.2) is 53.6 Å². The fourth-order valence-electron chi connectivity index (χ4n) is 5.23. The van der Waals surface area contributed by atoms with Gasteiger partial charge in [-0.3, -0.25) is 37.8 Å². The molecule has 2 aromatic carbocycles. The molecule has 0 radical (unpaired) electrons. The van der Waals surface area contributed by atoms with Gasteiger partial charge in [0.2, 0.25) is 11.9 Å². The zero-order valence-electron chi connectivity index (χ0n) is 24.7. The first-order chi connectivity index (χ1) is 23.1. The minimum Gasteiger partial charge on any atom is -0.387 e. The molecule has 6 atom stereocenters. The van der Waals surface area contributed by atoms with Crippen LogP contribution in [0.3, 0.4) is 0 Å². The Morgan fingerprint density at radius 1 is 0.980 bits per heavy atom. The van der Waals surface area contributed by atoms with Crippen LogP contribution in [0.4, 0.5) is 11.6 Å². The van der Waals surface area contributed by atoms with Crippen molar-refractivity contribution >= 4 is 55.9 Å². The van der Waals surface area contributed by atoms with Crippen molar-refractivity contribution in [3.05, 3.63) is 81.4 Å². The number of hydrogen-bond acceptors (Lipinski definition) is 15. The van der Waals surface area contributed by atoms with E-state index in [0.29, 0.717) is 0 Å². The second-order valence-electron chi connectivity index (χ2n) is 10.7. The van der Waals surface area contributed by atoms with Crippen molar-refractivity contribution in [1.82, 2.24) is 19.5 Å². The van der Waals surface area contributed by atoms with Crippen molar-refractivity contribution < 1.29 is 61.6 Å². The summed E-state index contributed by atoms with van der Waals surface area (Å²) in [7, 11) is -10.7. The Hall–Kier alpha value is -4.46. The molecule has 1 fully saturated rings. The van der Waals surface area contributed by atoms with Gasteiger partial charge in [-0.25, -0.2) is 14.1 Å². The number of nitrogen functional groups attached to an aromatic ring is 1. The van der Waals surface area contributed by atoms with E-state index in [1.807, 2.05) is 0 Å². The number of benzene rings is 2. The van der Waals surface area contributed by atoms with E-state index in [1.54, 1.807) is 18.2 Å². The number of aromatic nitrogens is 4. The zero-order chi connectivity index (χ0) is 35.2. The monoisotopic (exact) mass is 720 g/mol. The highest BCUT2D eigenvalue weighted by Crippen LogP contribution is 2.60. The van der Waals surface area contributed by atoms with E-state index in [-0.39, 0.29) is 50.8 Å². The summed E-state index contributed by atoms with van der Waals surface area (Å²) in [4.78, 5) is 80.1. The molecule has 8 N–H and O–H groups in total. The van der Waals surface area contributed by atoms with Crippen LogP contribution < -0.4 is 16.6 Å². The van der Waals surface area contributed by atoms with E-state index < -0.39 is 77.1 Å². The van der Waals surface area contributed by atoms with E-state index in [1.165, 1.54) is 24.3 Å². The van der Waals surface area contributed by atoms with Crippen molar-refractivity contribution in [3.63, 3.8) is 0 Å². The SMILES string of the molecule is Nc1nc2c(ncn2[C@@H]2O[C@H](COP(=O)(O)OP(=O)(O)OCCC(=O)Nc3ccc4c(c3)C(=O)c3ccccc3C4=O)[C@@H](O)[C@H]2O)c(=O)[nH]1. The lowest BCUT2D eigenvalue weighted by Crippen LogP contribution is -2.33. The maximum Gasteiger partial charge on any atom is 0.481 e. The van der Waals surface area contributed by atoms with Crippen molar-refractivity contribution in [1.29, 1.82) is 0 Å². The number of aromatic amines is 1. The predicted molar refractivity (Wildman–Crippen MR) is 164 cm³/mol. The molecule has 258 valence electrons.